The predicted octanol–water partition coefficient (Wildman–Crippen LogP) is 6.44. The molecule has 1 fully saturated rings. The zero-order valence-electron chi connectivity index (χ0n) is 19.9. The van der Waals surface area contributed by atoms with Crippen LogP contribution in [0.25, 0.3) is 10.4 Å². The Labute approximate surface area is 209 Å². The molecule has 0 radical (unpaired) electrons. The third kappa shape index (κ3) is 5.66. The van der Waals surface area contributed by atoms with Gasteiger partial charge in [0.2, 0.25) is 0 Å². The molecule has 0 aliphatic carbocycles. The van der Waals surface area contributed by atoms with Crippen molar-refractivity contribution in [1.29, 1.82) is 0 Å². The van der Waals surface area contributed by atoms with Crippen molar-refractivity contribution < 1.29 is 26.7 Å². The zero-order chi connectivity index (χ0) is 26.3. The summed E-state index contributed by atoms with van der Waals surface area (Å²) in [5, 5.41) is 3.54. The van der Waals surface area contributed by atoms with Crippen LogP contribution in [-0.2, 0) is 6.18 Å². The second-order valence-electron chi connectivity index (χ2n) is 9.13. The van der Waals surface area contributed by atoms with E-state index in [9.17, 15) is 26.7 Å². The molecule has 1 N–H and O–H groups in total. The molecule has 3 heterocycles. The van der Waals surface area contributed by atoms with Crippen LogP contribution in [0.4, 0.5) is 27.8 Å². The number of aromatic nitrogens is 2. The van der Waals surface area contributed by atoms with Gasteiger partial charge >= 0.3 is 6.18 Å². The van der Waals surface area contributed by atoms with Gasteiger partial charge in [-0.1, -0.05) is 36.8 Å². The lowest BCUT2D eigenvalue weighted by Gasteiger charge is -2.43. The molecule has 5 nitrogen and oxygen atoms in total. The number of nitrogens with one attached hydrogen (secondary N) is 1. The van der Waals surface area contributed by atoms with E-state index in [1.165, 1.54) is 17.4 Å². The molecule has 0 bridgehead atoms. The first-order valence-corrected chi connectivity index (χ1v) is 12.2. The molecule has 1 aromatic carbocycles. The maximum atomic E-state index is 14.6. The lowest BCUT2D eigenvalue weighted by atomic mass is 9.88. The van der Waals surface area contributed by atoms with Crippen molar-refractivity contribution in [2.45, 2.75) is 45.3 Å². The number of likely N-dealkylation sites (tertiary alicyclic amines) is 1. The summed E-state index contributed by atoms with van der Waals surface area (Å²) in [6.45, 7) is 4.60. The maximum absolute atomic E-state index is 14.6. The molecule has 0 saturated carbocycles. The minimum atomic E-state index is -4.51. The molecule has 1 aliphatic rings. The number of thiazole rings is 1. The minimum absolute atomic E-state index is 0.0460. The topological polar surface area (TPSA) is 58.1 Å². The summed E-state index contributed by atoms with van der Waals surface area (Å²) in [7, 11) is 0. The van der Waals surface area contributed by atoms with Gasteiger partial charge in [-0.15, -0.1) is 11.3 Å². The van der Waals surface area contributed by atoms with Gasteiger partial charge in [-0.3, -0.25) is 4.79 Å². The summed E-state index contributed by atoms with van der Waals surface area (Å²) in [5.41, 5.74) is 1.04. The zero-order valence-corrected chi connectivity index (χ0v) is 20.7. The van der Waals surface area contributed by atoms with Gasteiger partial charge in [-0.25, -0.2) is 18.7 Å². The average molecular weight is 525 g/mol. The van der Waals surface area contributed by atoms with Crippen LogP contribution in [0.2, 0.25) is 0 Å². The number of amides is 1. The van der Waals surface area contributed by atoms with Crippen molar-refractivity contribution in [3.63, 3.8) is 0 Å². The number of anilines is 1. The first-order valence-electron chi connectivity index (χ1n) is 11.3. The van der Waals surface area contributed by atoms with Crippen molar-refractivity contribution in [2.75, 3.05) is 18.4 Å². The third-order valence-electron chi connectivity index (χ3n) is 6.17. The van der Waals surface area contributed by atoms with E-state index in [0.29, 0.717) is 16.1 Å². The number of nitrogens with zero attached hydrogens (tertiary/aromatic N) is 3. The molecule has 2 atom stereocenters. The average Bonchev–Trinajstić information content (AvgIpc) is 3.19. The summed E-state index contributed by atoms with van der Waals surface area (Å²) in [5.74, 6) is -4.10. The van der Waals surface area contributed by atoms with Crippen LogP contribution in [-0.4, -0.2) is 45.8 Å². The van der Waals surface area contributed by atoms with E-state index in [0.717, 1.165) is 22.1 Å². The Morgan fingerprint density at radius 1 is 1.17 bits per heavy atom. The van der Waals surface area contributed by atoms with Crippen LogP contribution in [0.5, 0.6) is 0 Å². The Morgan fingerprint density at radius 3 is 2.47 bits per heavy atom. The molecule has 2 aromatic heterocycles. The number of carbonyl (C=O) groups excluding carboxylic acids is 1. The maximum Gasteiger partial charge on any atom is 0.417 e. The van der Waals surface area contributed by atoms with Gasteiger partial charge in [0.15, 0.2) is 0 Å². The number of pyridine rings is 1. The van der Waals surface area contributed by atoms with Gasteiger partial charge in [0.1, 0.15) is 11.5 Å². The van der Waals surface area contributed by atoms with Gasteiger partial charge in [-0.05, 0) is 37.5 Å². The number of piperidine rings is 1. The molecule has 1 unspecified atom stereocenters. The molecule has 1 amide bonds. The Bertz CT molecular complexity index is 1220. The largest absolute Gasteiger partial charge is 0.417 e. The lowest BCUT2D eigenvalue weighted by Crippen LogP contribution is -2.57. The van der Waals surface area contributed by atoms with Crippen molar-refractivity contribution in [1.82, 2.24) is 14.9 Å². The van der Waals surface area contributed by atoms with Crippen molar-refractivity contribution in [3.8, 4) is 10.4 Å². The molecule has 36 heavy (non-hydrogen) atoms. The summed E-state index contributed by atoms with van der Waals surface area (Å²) in [6.07, 6.45) is -4.22. The van der Waals surface area contributed by atoms with Gasteiger partial charge in [0, 0.05) is 19.2 Å². The number of hydrogen-bond donors (Lipinski definition) is 1. The minimum Gasteiger partial charge on any atom is -0.368 e. The molecule has 3 aromatic rings. The second kappa shape index (κ2) is 9.76. The van der Waals surface area contributed by atoms with Crippen LogP contribution in [0.1, 0.15) is 40.0 Å². The Morgan fingerprint density at radius 2 is 1.86 bits per heavy atom. The number of rotatable bonds is 5. The number of benzene rings is 1. The van der Waals surface area contributed by atoms with Gasteiger partial charge in [-0.2, -0.15) is 13.2 Å². The van der Waals surface area contributed by atoms with E-state index in [2.05, 4.69) is 15.3 Å². The molecular weight excluding hydrogens is 499 g/mol. The molecule has 192 valence electrons. The fraction of sp³-hybridized carbons (Fsp3) is 0.400. The molecule has 1 aliphatic heterocycles. The van der Waals surface area contributed by atoms with E-state index >= 15 is 0 Å². The number of alkyl halides is 5. The molecule has 11 heteroatoms. The summed E-state index contributed by atoms with van der Waals surface area (Å²) >= 11 is 1.32. The normalized spacial score (nSPS) is 19.8. The number of halogens is 5. The predicted molar refractivity (Wildman–Crippen MR) is 128 cm³/mol. The lowest BCUT2D eigenvalue weighted by molar-refractivity contribution is -0.137. The monoisotopic (exact) mass is 524 g/mol. The van der Waals surface area contributed by atoms with E-state index in [-0.39, 0.29) is 18.1 Å². The summed E-state index contributed by atoms with van der Waals surface area (Å²) in [4.78, 5) is 23.6. The quantitative estimate of drug-likeness (QED) is 0.391. The van der Waals surface area contributed by atoms with Crippen molar-refractivity contribution in [3.05, 3.63) is 64.4 Å². The first kappa shape index (κ1) is 26.0. The Balaban J connectivity index is 1.60. The summed E-state index contributed by atoms with van der Waals surface area (Å²) < 4.78 is 67.6. The first-order chi connectivity index (χ1) is 16.8. The van der Waals surface area contributed by atoms with E-state index in [1.807, 2.05) is 31.2 Å². The van der Waals surface area contributed by atoms with Gasteiger partial charge < -0.3 is 10.2 Å². The SMILES string of the molecule is Cc1ccc(-c2sc(C)nc2C(=O)N2CC(F)(F)C[C@@H](C)C2CNc2ccc(C(F)(F)F)cn2)cc1. The van der Waals surface area contributed by atoms with Crippen molar-refractivity contribution >= 4 is 23.1 Å². The molecular formula is C25H25F5N4OS. The molecule has 0 spiro atoms. The fourth-order valence-electron chi connectivity index (χ4n) is 4.36. The highest BCUT2D eigenvalue weighted by atomic mass is 32.1. The van der Waals surface area contributed by atoms with Crippen molar-refractivity contribution in [2.24, 2.45) is 5.92 Å². The fourth-order valence-corrected chi connectivity index (χ4v) is 5.28. The van der Waals surface area contributed by atoms with E-state index in [1.54, 1.807) is 13.8 Å². The van der Waals surface area contributed by atoms with E-state index < -0.39 is 48.5 Å². The second-order valence-corrected chi connectivity index (χ2v) is 10.3. The van der Waals surface area contributed by atoms with E-state index in [4.69, 9.17) is 0 Å². The molecule has 1 saturated heterocycles. The van der Waals surface area contributed by atoms with Crippen LogP contribution in [0.3, 0.4) is 0 Å². The smallest absolute Gasteiger partial charge is 0.368 e. The number of carbonyl (C=O) groups is 1. The number of hydrogen-bond acceptors (Lipinski definition) is 5. The third-order valence-corrected chi connectivity index (χ3v) is 7.19. The van der Waals surface area contributed by atoms with Crippen LogP contribution >= 0.6 is 11.3 Å². The highest BCUT2D eigenvalue weighted by Gasteiger charge is 2.46. The number of aryl methyl sites for hydroxylation is 2. The Kier molecular flexibility index (Phi) is 7.05. The summed E-state index contributed by atoms with van der Waals surface area (Å²) in [6, 6.07) is 8.95. The van der Waals surface area contributed by atoms with Crippen LogP contribution in [0, 0.1) is 19.8 Å². The van der Waals surface area contributed by atoms with Gasteiger partial charge in [0.25, 0.3) is 11.8 Å². The Hall–Kier alpha value is -3.08. The highest BCUT2D eigenvalue weighted by molar-refractivity contribution is 7.15. The van der Waals surface area contributed by atoms with Gasteiger partial charge in [0.05, 0.1) is 28.0 Å². The van der Waals surface area contributed by atoms with Crippen LogP contribution < -0.4 is 5.32 Å². The standard InChI is InChI=1S/C25H25F5N4OS/c1-14-4-6-17(7-5-14)22-21(33-16(3)36-22)23(35)34-13-24(26,27)10-15(2)19(34)12-32-20-9-8-18(11-31-20)25(28,29)30/h4-9,11,15,19H,10,12-13H2,1-3H3,(H,31,32)/t15-,19?/m1/s1. The highest BCUT2D eigenvalue weighted by Crippen LogP contribution is 2.38. The molecule has 4 rings (SSSR count). The van der Waals surface area contributed by atoms with Crippen LogP contribution in [0.15, 0.2) is 42.6 Å².